The molecular weight excluding hydrogens is 282 g/mol. The van der Waals surface area contributed by atoms with Gasteiger partial charge in [-0.2, -0.15) is 0 Å². The standard InChI is InChI=1S/C16H17N3O3/c1-19-13-9-5-4-8-12(13)17-16(19)18-14(20)10-6-2-3-7-11(10)15(21)22/h2-5,8-11H,6-7H2,1H3,(H,21,22)(H,17,18,20). The fraction of sp³-hybridized carbons (Fsp3) is 0.312. The molecule has 0 bridgehead atoms. The zero-order chi connectivity index (χ0) is 15.7. The van der Waals surface area contributed by atoms with Gasteiger partial charge >= 0.3 is 5.97 Å². The number of carboxylic acid groups (broad SMARTS) is 1. The summed E-state index contributed by atoms with van der Waals surface area (Å²) in [6.07, 6.45) is 4.50. The SMILES string of the molecule is Cn1c(NC(=O)C2CC=CCC2C(=O)O)nc2ccccc21. The van der Waals surface area contributed by atoms with E-state index < -0.39 is 17.8 Å². The molecule has 1 aromatic carbocycles. The zero-order valence-corrected chi connectivity index (χ0v) is 12.2. The van der Waals surface area contributed by atoms with Crippen LogP contribution in [0.3, 0.4) is 0 Å². The van der Waals surface area contributed by atoms with Gasteiger partial charge in [0, 0.05) is 7.05 Å². The number of allylic oxidation sites excluding steroid dienone is 2. The number of amides is 1. The molecule has 0 aliphatic heterocycles. The highest BCUT2D eigenvalue weighted by molar-refractivity contribution is 5.95. The van der Waals surface area contributed by atoms with Crippen LogP contribution in [0.2, 0.25) is 0 Å². The fourth-order valence-corrected chi connectivity index (χ4v) is 2.84. The summed E-state index contributed by atoms with van der Waals surface area (Å²) >= 11 is 0. The van der Waals surface area contributed by atoms with E-state index in [2.05, 4.69) is 10.3 Å². The normalized spacial score (nSPS) is 21.0. The van der Waals surface area contributed by atoms with Gasteiger partial charge < -0.3 is 9.67 Å². The molecule has 0 fully saturated rings. The molecule has 0 radical (unpaired) electrons. The molecule has 114 valence electrons. The van der Waals surface area contributed by atoms with Crippen LogP contribution in [0, 0.1) is 11.8 Å². The summed E-state index contributed by atoms with van der Waals surface area (Å²) in [7, 11) is 1.82. The third-order valence-corrected chi connectivity index (χ3v) is 4.11. The van der Waals surface area contributed by atoms with Crippen LogP contribution in [-0.4, -0.2) is 26.5 Å². The van der Waals surface area contributed by atoms with E-state index in [1.54, 1.807) is 4.57 Å². The number of hydrogen-bond donors (Lipinski definition) is 2. The molecule has 0 saturated carbocycles. The average Bonchev–Trinajstić information content (AvgIpc) is 2.84. The first-order valence-corrected chi connectivity index (χ1v) is 7.18. The summed E-state index contributed by atoms with van der Waals surface area (Å²) < 4.78 is 1.79. The van der Waals surface area contributed by atoms with Gasteiger partial charge in [0.2, 0.25) is 11.9 Å². The zero-order valence-electron chi connectivity index (χ0n) is 12.2. The number of hydrogen-bond acceptors (Lipinski definition) is 3. The van der Waals surface area contributed by atoms with Crippen molar-refractivity contribution >= 4 is 28.9 Å². The number of aromatic nitrogens is 2. The van der Waals surface area contributed by atoms with E-state index in [1.807, 2.05) is 43.5 Å². The monoisotopic (exact) mass is 299 g/mol. The van der Waals surface area contributed by atoms with Crippen LogP contribution in [-0.2, 0) is 16.6 Å². The molecular formula is C16H17N3O3. The van der Waals surface area contributed by atoms with Crippen molar-refractivity contribution in [2.24, 2.45) is 18.9 Å². The Labute approximate surface area is 127 Å². The van der Waals surface area contributed by atoms with E-state index in [0.29, 0.717) is 18.8 Å². The van der Waals surface area contributed by atoms with Gasteiger partial charge in [-0.3, -0.25) is 14.9 Å². The van der Waals surface area contributed by atoms with Crippen LogP contribution in [0.15, 0.2) is 36.4 Å². The van der Waals surface area contributed by atoms with Crippen molar-refractivity contribution in [3.63, 3.8) is 0 Å². The molecule has 6 nitrogen and oxygen atoms in total. The van der Waals surface area contributed by atoms with Gasteiger partial charge in [-0.1, -0.05) is 24.3 Å². The smallest absolute Gasteiger partial charge is 0.307 e. The molecule has 2 unspecified atom stereocenters. The van der Waals surface area contributed by atoms with E-state index in [1.165, 1.54) is 0 Å². The molecule has 1 heterocycles. The summed E-state index contributed by atoms with van der Waals surface area (Å²) in [5.74, 6) is -2.04. The first-order valence-electron chi connectivity index (χ1n) is 7.18. The Hall–Kier alpha value is -2.63. The molecule has 1 aliphatic rings. The number of nitrogens with zero attached hydrogens (tertiary/aromatic N) is 2. The van der Waals surface area contributed by atoms with Crippen LogP contribution in [0.1, 0.15) is 12.8 Å². The molecule has 1 aromatic heterocycles. The summed E-state index contributed by atoms with van der Waals surface area (Å²) in [5.41, 5.74) is 1.70. The predicted molar refractivity (Wildman–Crippen MR) is 82.3 cm³/mol. The maximum absolute atomic E-state index is 12.4. The molecule has 2 atom stereocenters. The molecule has 0 spiro atoms. The van der Waals surface area contributed by atoms with E-state index in [0.717, 1.165) is 11.0 Å². The van der Waals surface area contributed by atoms with Crippen molar-refractivity contribution in [3.05, 3.63) is 36.4 Å². The maximum atomic E-state index is 12.4. The highest BCUT2D eigenvalue weighted by atomic mass is 16.4. The number of carbonyl (C=O) groups excluding carboxylic acids is 1. The van der Waals surface area contributed by atoms with E-state index >= 15 is 0 Å². The first kappa shape index (κ1) is 14.3. The Morgan fingerprint density at radius 1 is 1.23 bits per heavy atom. The van der Waals surface area contributed by atoms with Gasteiger partial charge in [-0.05, 0) is 25.0 Å². The molecule has 1 amide bonds. The number of aliphatic carboxylic acids is 1. The van der Waals surface area contributed by atoms with E-state index in [9.17, 15) is 14.7 Å². The van der Waals surface area contributed by atoms with Crippen LogP contribution < -0.4 is 5.32 Å². The van der Waals surface area contributed by atoms with Gasteiger partial charge in [0.15, 0.2) is 0 Å². The van der Waals surface area contributed by atoms with Crippen molar-refractivity contribution < 1.29 is 14.7 Å². The number of anilines is 1. The highest BCUT2D eigenvalue weighted by Gasteiger charge is 2.34. The van der Waals surface area contributed by atoms with Gasteiger partial charge in [0.05, 0.1) is 22.9 Å². The van der Waals surface area contributed by atoms with E-state index in [4.69, 9.17) is 0 Å². The number of benzene rings is 1. The van der Waals surface area contributed by atoms with Crippen LogP contribution in [0.25, 0.3) is 11.0 Å². The van der Waals surface area contributed by atoms with Crippen molar-refractivity contribution in [2.45, 2.75) is 12.8 Å². The number of aryl methyl sites for hydroxylation is 1. The number of nitrogens with one attached hydrogen (secondary N) is 1. The molecule has 3 rings (SSSR count). The average molecular weight is 299 g/mol. The number of fused-ring (bicyclic) bond motifs is 1. The second-order valence-corrected chi connectivity index (χ2v) is 5.47. The Kier molecular flexibility index (Phi) is 3.66. The Morgan fingerprint density at radius 2 is 1.91 bits per heavy atom. The Bertz CT molecular complexity index is 763. The lowest BCUT2D eigenvalue weighted by atomic mass is 9.82. The van der Waals surface area contributed by atoms with Crippen molar-refractivity contribution in [3.8, 4) is 0 Å². The molecule has 2 N–H and O–H groups in total. The second kappa shape index (κ2) is 5.63. The number of carboxylic acids is 1. The highest BCUT2D eigenvalue weighted by Crippen LogP contribution is 2.27. The van der Waals surface area contributed by atoms with Crippen LogP contribution >= 0.6 is 0 Å². The van der Waals surface area contributed by atoms with E-state index in [-0.39, 0.29) is 5.91 Å². The molecule has 22 heavy (non-hydrogen) atoms. The lowest BCUT2D eigenvalue weighted by Crippen LogP contribution is -2.35. The van der Waals surface area contributed by atoms with Gasteiger partial charge in [-0.15, -0.1) is 0 Å². The van der Waals surface area contributed by atoms with Crippen molar-refractivity contribution in [1.82, 2.24) is 9.55 Å². The minimum absolute atomic E-state index is 0.296. The van der Waals surface area contributed by atoms with Crippen molar-refractivity contribution in [1.29, 1.82) is 0 Å². The fourth-order valence-electron chi connectivity index (χ4n) is 2.84. The summed E-state index contributed by atoms with van der Waals surface area (Å²) in [6, 6.07) is 7.57. The topological polar surface area (TPSA) is 84.2 Å². The Morgan fingerprint density at radius 3 is 2.59 bits per heavy atom. The number of para-hydroxylation sites is 2. The second-order valence-electron chi connectivity index (χ2n) is 5.47. The summed E-state index contributed by atoms with van der Waals surface area (Å²) in [6.45, 7) is 0. The van der Waals surface area contributed by atoms with Gasteiger partial charge in [0.25, 0.3) is 0 Å². The molecule has 1 aliphatic carbocycles. The van der Waals surface area contributed by atoms with Gasteiger partial charge in [-0.25, -0.2) is 4.98 Å². The number of rotatable bonds is 3. The first-order chi connectivity index (χ1) is 10.6. The Balaban J connectivity index is 1.85. The minimum Gasteiger partial charge on any atom is -0.481 e. The predicted octanol–water partition coefficient (Wildman–Crippen LogP) is 2.18. The van der Waals surface area contributed by atoms with Crippen LogP contribution in [0.5, 0.6) is 0 Å². The largest absolute Gasteiger partial charge is 0.481 e. The van der Waals surface area contributed by atoms with Crippen molar-refractivity contribution in [2.75, 3.05) is 5.32 Å². The minimum atomic E-state index is -0.936. The van der Waals surface area contributed by atoms with Gasteiger partial charge in [0.1, 0.15) is 0 Å². The molecule has 6 heteroatoms. The molecule has 0 saturated heterocycles. The number of imidazole rings is 1. The lowest BCUT2D eigenvalue weighted by molar-refractivity contribution is -0.146. The number of carbonyl (C=O) groups is 2. The third-order valence-electron chi connectivity index (χ3n) is 4.11. The lowest BCUT2D eigenvalue weighted by Gasteiger charge is -2.23. The summed E-state index contributed by atoms with van der Waals surface area (Å²) in [5, 5.41) is 12.0. The quantitative estimate of drug-likeness (QED) is 0.851. The maximum Gasteiger partial charge on any atom is 0.307 e. The van der Waals surface area contributed by atoms with Crippen LogP contribution in [0.4, 0.5) is 5.95 Å². The third kappa shape index (κ3) is 2.47. The molecule has 2 aromatic rings. The summed E-state index contributed by atoms with van der Waals surface area (Å²) in [4.78, 5) is 28.1.